The van der Waals surface area contributed by atoms with Crippen molar-refractivity contribution in [3.8, 4) is 5.75 Å². The van der Waals surface area contributed by atoms with Crippen LogP contribution in [-0.4, -0.2) is 37.1 Å². The first-order valence-corrected chi connectivity index (χ1v) is 7.15. The largest absolute Gasteiger partial charge is 0.494 e. The van der Waals surface area contributed by atoms with Crippen LogP contribution < -0.4 is 15.0 Å². The molecule has 2 aromatic rings. The number of aryl methyl sites for hydroxylation is 1. The highest BCUT2D eigenvalue weighted by molar-refractivity contribution is 5.94. The van der Waals surface area contributed by atoms with Gasteiger partial charge in [-0.15, -0.1) is 0 Å². The molecule has 0 aliphatic carbocycles. The summed E-state index contributed by atoms with van der Waals surface area (Å²) < 4.78 is 32.6. The number of hydrogen-bond acceptors (Lipinski definition) is 5. The first-order chi connectivity index (χ1) is 11.3. The minimum absolute atomic E-state index is 0.0875. The average Bonchev–Trinajstić information content (AvgIpc) is 2.54. The number of rotatable bonds is 5. The van der Waals surface area contributed by atoms with Crippen LogP contribution >= 0.6 is 0 Å². The summed E-state index contributed by atoms with van der Waals surface area (Å²) in [4.78, 5) is 22.2. The van der Waals surface area contributed by atoms with Crippen molar-refractivity contribution in [3.05, 3.63) is 46.8 Å². The van der Waals surface area contributed by atoms with Gasteiger partial charge in [0.25, 0.3) is 5.91 Å². The van der Waals surface area contributed by atoms with E-state index in [4.69, 9.17) is 4.74 Å². The van der Waals surface area contributed by atoms with E-state index in [1.54, 1.807) is 25.9 Å². The Morgan fingerprint density at radius 3 is 2.62 bits per heavy atom. The Labute approximate surface area is 138 Å². The predicted molar refractivity (Wildman–Crippen MR) is 85.2 cm³/mol. The summed E-state index contributed by atoms with van der Waals surface area (Å²) in [5.41, 5.74) is 0.438. The molecule has 6 nitrogen and oxygen atoms in total. The molecule has 0 radical (unpaired) electrons. The van der Waals surface area contributed by atoms with Crippen LogP contribution in [0, 0.1) is 18.6 Å². The van der Waals surface area contributed by atoms with Gasteiger partial charge in [-0.1, -0.05) is 0 Å². The summed E-state index contributed by atoms with van der Waals surface area (Å²) >= 11 is 0. The molecule has 128 valence electrons. The Balaban J connectivity index is 2.17. The first kappa shape index (κ1) is 17.6. The van der Waals surface area contributed by atoms with Gasteiger partial charge in [0.15, 0.2) is 11.6 Å². The number of hydrogen-bond donors (Lipinski definition) is 1. The number of halogens is 2. The molecule has 24 heavy (non-hydrogen) atoms. The van der Waals surface area contributed by atoms with Crippen molar-refractivity contribution in [3.63, 3.8) is 0 Å². The molecule has 0 saturated carbocycles. The Bertz CT molecular complexity index is 766. The van der Waals surface area contributed by atoms with Gasteiger partial charge >= 0.3 is 0 Å². The van der Waals surface area contributed by atoms with Crippen LogP contribution in [0.4, 0.5) is 14.7 Å². The average molecular weight is 336 g/mol. The van der Waals surface area contributed by atoms with Crippen molar-refractivity contribution in [2.24, 2.45) is 0 Å². The molecule has 0 saturated heterocycles. The summed E-state index contributed by atoms with van der Waals surface area (Å²) in [5.74, 6) is -1.73. The molecule has 0 fully saturated rings. The van der Waals surface area contributed by atoms with Crippen LogP contribution in [0.5, 0.6) is 5.75 Å². The Morgan fingerprint density at radius 1 is 1.33 bits per heavy atom. The lowest BCUT2D eigenvalue weighted by atomic mass is 10.1. The lowest BCUT2D eigenvalue weighted by Gasteiger charge is -2.13. The van der Waals surface area contributed by atoms with E-state index in [0.717, 1.165) is 6.07 Å². The van der Waals surface area contributed by atoms with E-state index >= 15 is 0 Å². The molecule has 8 heteroatoms. The van der Waals surface area contributed by atoms with Crippen LogP contribution in [-0.2, 0) is 6.54 Å². The van der Waals surface area contributed by atoms with Crippen molar-refractivity contribution in [1.29, 1.82) is 0 Å². The molecule has 0 spiro atoms. The Hall–Kier alpha value is -2.77. The maximum atomic E-state index is 14.1. The maximum Gasteiger partial charge on any atom is 0.254 e. The van der Waals surface area contributed by atoms with Crippen LogP contribution in [0.3, 0.4) is 0 Å². The van der Waals surface area contributed by atoms with Gasteiger partial charge in [0.05, 0.1) is 18.4 Å². The van der Waals surface area contributed by atoms with Crippen LogP contribution in [0.25, 0.3) is 0 Å². The van der Waals surface area contributed by atoms with Gasteiger partial charge < -0.3 is 15.0 Å². The minimum Gasteiger partial charge on any atom is -0.494 e. The number of anilines is 1. The van der Waals surface area contributed by atoms with E-state index in [1.807, 2.05) is 0 Å². The topological polar surface area (TPSA) is 67.3 Å². The fraction of sp³-hybridized carbons (Fsp3) is 0.312. The smallest absolute Gasteiger partial charge is 0.254 e. The van der Waals surface area contributed by atoms with Crippen molar-refractivity contribution in [2.45, 2.75) is 13.5 Å². The lowest BCUT2D eigenvalue weighted by Crippen LogP contribution is -2.26. The van der Waals surface area contributed by atoms with Crippen LogP contribution in [0.1, 0.15) is 21.6 Å². The van der Waals surface area contributed by atoms with Gasteiger partial charge in [-0.2, -0.15) is 0 Å². The molecule has 1 amide bonds. The number of carbonyl (C=O) groups excluding carboxylic acids is 1. The molecule has 1 aromatic heterocycles. The zero-order valence-corrected chi connectivity index (χ0v) is 13.9. The number of aromatic nitrogens is 2. The van der Waals surface area contributed by atoms with Crippen molar-refractivity contribution in [1.82, 2.24) is 15.3 Å². The number of nitrogens with one attached hydrogen (secondary N) is 1. The number of benzene rings is 1. The molecule has 0 atom stereocenters. The number of ether oxygens (including phenoxy) is 1. The molecule has 2 rings (SSSR count). The minimum atomic E-state index is -0.839. The highest BCUT2D eigenvalue weighted by atomic mass is 19.1. The molecule has 1 N–H and O–H groups in total. The molecular formula is C16H18F2N4O2. The van der Waals surface area contributed by atoms with Gasteiger partial charge in [0.2, 0.25) is 5.95 Å². The monoisotopic (exact) mass is 336 g/mol. The molecule has 1 aromatic carbocycles. The molecule has 0 aliphatic rings. The fourth-order valence-electron chi connectivity index (χ4n) is 2.05. The number of carbonyl (C=O) groups is 1. The standard InChI is InChI=1S/C16H18F2N4O2/c1-9-10(7-20-16(21-9)22(2)3)15(23)19-8-11-12(17)5-6-13(24-4)14(11)18/h5-7H,8H2,1-4H3,(H,19,23). The van der Waals surface area contributed by atoms with Crippen LogP contribution in [0.2, 0.25) is 0 Å². The second kappa shape index (κ2) is 7.20. The summed E-state index contributed by atoms with van der Waals surface area (Å²) in [6.07, 6.45) is 1.38. The maximum absolute atomic E-state index is 14.1. The summed E-state index contributed by atoms with van der Waals surface area (Å²) in [7, 11) is 4.84. The Morgan fingerprint density at radius 2 is 2.04 bits per heavy atom. The lowest BCUT2D eigenvalue weighted by molar-refractivity contribution is 0.0948. The second-order valence-electron chi connectivity index (χ2n) is 5.29. The third-order valence-corrected chi connectivity index (χ3v) is 3.41. The number of methoxy groups -OCH3 is 1. The third kappa shape index (κ3) is 3.58. The summed E-state index contributed by atoms with van der Waals surface area (Å²) in [6, 6.07) is 2.28. The molecule has 0 aliphatic heterocycles. The van der Waals surface area contributed by atoms with Crippen molar-refractivity contribution < 1.29 is 18.3 Å². The van der Waals surface area contributed by atoms with E-state index in [-0.39, 0.29) is 23.4 Å². The SMILES string of the molecule is COc1ccc(F)c(CNC(=O)c2cnc(N(C)C)nc2C)c1F. The van der Waals surface area contributed by atoms with E-state index < -0.39 is 17.5 Å². The zero-order valence-electron chi connectivity index (χ0n) is 13.9. The summed E-state index contributed by atoms with van der Waals surface area (Å²) in [5, 5.41) is 2.47. The third-order valence-electron chi connectivity index (χ3n) is 3.41. The second-order valence-corrected chi connectivity index (χ2v) is 5.29. The van der Waals surface area contributed by atoms with E-state index in [0.29, 0.717) is 11.6 Å². The summed E-state index contributed by atoms with van der Waals surface area (Å²) in [6.45, 7) is 1.35. The zero-order chi connectivity index (χ0) is 17.9. The van der Waals surface area contributed by atoms with E-state index in [2.05, 4.69) is 15.3 Å². The van der Waals surface area contributed by atoms with Gasteiger partial charge in [0.1, 0.15) is 5.82 Å². The first-order valence-electron chi connectivity index (χ1n) is 7.15. The molecular weight excluding hydrogens is 318 g/mol. The normalized spacial score (nSPS) is 10.4. The number of nitrogens with zero attached hydrogens (tertiary/aromatic N) is 3. The van der Waals surface area contributed by atoms with Gasteiger partial charge in [-0.3, -0.25) is 4.79 Å². The van der Waals surface area contributed by atoms with E-state index in [9.17, 15) is 13.6 Å². The van der Waals surface area contributed by atoms with Crippen molar-refractivity contribution >= 4 is 11.9 Å². The predicted octanol–water partition coefficient (Wildman–Crippen LogP) is 2.07. The van der Waals surface area contributed by atoms with Gasteiger partial charge in [-0.05, 0) is 19.1 Å². The quantitative estimate of drug-likeness (QED) is 0.905. The number of amides is 1. The molecule has 1 heterocycles. The van der Waals surface area contributed by atoms with Crippen LogP contribution in [0.15, 0.2) is 18.3 Å². The highest BCUT2D eigenvalue weighted by Gasteiger charge is 2.17. The van der Waals surface area contributed by atoms with Crippen molar-refractivity contribution in [2.75, 3.05) is 26.1 Å². The Kier molecular flexibility index (Phi) is 5.28. The van der Waals surface area contributed by atoms with Gasteiger partial charge in [0, 0.05) is 32.4 Å². The fourth-order valence-corrected chi connectivity index (χ4v) is 2.05. The molecule has 0 unspecified atom stereocenters. The molecule has 0 bridgehead atoms. The van der Waals surface area contributed by atoms with E-state index in [1.165, 1.54) is 19.4 Å². The highest BCUT2D eigenvalue weighted by Crippen LogP contribution is 2.23. The van der Waals surface area contributed by atoms with Gasteiger partial charge in [-0.25, -0.2) is 18.7 Å².